The van der Waals surface area contributed by atoms with Gasteiger partial charge in [-0.15, -0.1) is 0 Å². The van der Waals surface area contributed by atoms with Gasteiger partial charge in [0.15, 0.2) is 0 Å². The Bertz CT molecular complexity index is 200. The second kappa shape index (κ2) is 8.48. The van der Waals surface area contributed by atoms with Crippen molar-refractivity contribution in [3.63, 3.8) is 0 Å². The maximum absolute atomic E-state index is 11.1. The fourth-order valence-corrected chi connectivity index (χ4v) is 1.30. The summed E-state index contributed by atoms with van der Waals surface area (Å²) in [7, 11) is 0. The van der Waals surface area contributed by atoms with Gasteiger partial charge in [0.05, 0.1) is 0 Å². The molecule has 0 bridgehead atoms. The molecule has 88 valence electrons. The first-order valence-corrected chi connectivity index (χ1v) is 5.73. The molecule has 0 saturated carbocycles. The summed E-state index contributed by atoms with van der Waals surface area (Å²) in [6.45, 7) is 8.09. The van der Waals surface area contributed by atoms with Crippen molar-refractivity contribution >= 4 is 5.91 Å². The summed E-state index contributed by atoms with van der Waals surface area (Å²) in [6.07, 6.45) is 5.68. The third-order valence-electron chi connectivity index (χ3n) is 2.26. The van der Waals surface area contributed by atoms with E-state index in [1.54, 1.807) is 6.92 Å². The second-order valence-corrected chi connectivity index (χ2v) is 4.22. The Morgan fingerprint density at radius 3 is 2.47 bits per heavy atom. The summed E-state index contributed by atoms with van der Waals surface area (Å²) < 4.78 is 0. The number of rotatable bonds is 8. The lowest BCUT2D eigenvalue weighted by Gasteiger charge is -2.05. The lowest BCUT2D eigenvalue weighted by Crippen LogP contribution is -2.24. The SMILES string of the molecule is C=C(C)C(=O)NCCCCCCC(C)N. The third kappa shape index (κ3) is 9.47. The molecule has 3 N–H and O–H groups in total. The zero-order valence-electron chi connectivity index (χ0n) is 10.0. The molecule has 1 amide bonds. The minimum atomic E-state index is -0.0365. The Kier molecular flexibility index (Phi) is 8.01. The molecule has 0 aromatic heterocycles. The highest BCUT2D eigenvalue weighted by molar-refractivity contribution is 5.91. The molecule has 15 heavy (non-hydrogen) atoms. The Hall–Kier alpha value is -0.830. The van der Waals surface area contributed by atoms with Gasteiger partial charge in [0, 0.05) is 18.2 Å². The number of hydrogen-bond donors (Lipinski definition) is 2. The van der Waals surface area contributed by atoms with Crippen molar-refractivity contribution in [1.82, 2.24) is 5.32 Å². The fourth-order valence-electron chi connectivity index (χ4n) is 1.30. The van der Waals surface area contributed by atoms with Crippen LogP contribution in [0.15, 0.2) is 12.2 Å². The van der Waals surface area contributed by atoms with Gasteiger partial charge in [-0.25, -0.2) is 0 Å². The number of unbranched alkanes of at least 4 members (excludes halogenated alkanes) is 3. The van der Waals surface area contributed by atoms with E-state index >= 15 is 0 Å². The monoisotopic (exact) mass is 212 g/mol. The average molecular weight is 212 g/mol. The number of hydrogen-bond acceptors (Lipinski definition) is 2. The van der Waals surface area contributed by atoms with Crippen LogP contribution in [-0.2, 0) is 4.79 Å². The van der Waals surface area contributed by atoms with Gasteiger partial charge in [-0.2, -0.15) is 0 Å². The molecule has 1 atom stereocenters. The lowest BCUT2D eigenvalue weighted by molar-refractivity contribution is -0.117. The second-order valence-electron chi connectivity index (χ2n) is 4.22. The minimum Gasteiger partial charge on any atom is -0.352 e. The quantitative estimate of drug-likeness (QED) is 0.477. The highest BCUT2D eigenvalue weighted by atomic mass is 16.1. The van der Waals surface area contributed by atoms with E-state index in [1.807, 2.05) is 6.92 Å². The summed E-state index contributed by atoms with van der Waals surface area (Å²) in [5, 5.41) is 2.82. The number of carbonyl (C=O) groups excluding carboxylic acids is 1. The molecule has 0 radical (unpaired) electrons. The first-order valence-electron chi connectivity index (χ1n) is 5.73. The normalized spacial score (nSPS) is 12.2. The smallest absolute Gasteiger partial charge is 0.246 e. The first-order chi connectivity index (χ1) is 7.04. The van der Waals surface area contributed by atoms with Crippen molar-refractivity contribution in [3.05, 3.63) is 12.2 Å². The van der Waals surface area contributed by atoms with Crippen molar-refractivity contribution in [3.8, 4) is 0 Å². The standard InChI is InChI=1S/C12H24N2O/c1-10(2)12(15)14-9-7-5-4-6-8-11(3)13/h11H,1,4-9,13H2,2-3H3,(H,14,15). The molecule has 0 saturated heterocycles. The molecule has 0 aliphatic carbocycles. The molecule has 0 spiro atoms. The Morgan fingerprint density at radius 1 is 1.33 bits per heavy atom. The molecule has 0 aliphatic heterocycles. The molecule has 3 nitrogen and oxygen atoms in total. The van der Waals surface area contributed by atoms with E-state index in [0.29, 0.717) is 11.6 Å². The molecular weight excluding hydrogens is 188 g/mol. The Labute approximate surface area is 93.1 Å². The fraction of sp³-hybridized carbons (Fsp3) is 0.750. The van der Waals surface area contributed by atoms with E-state index in [1.165, 1.54) is 12.8 Å². The van der Waals surface area contributed by atoms with Gasteiger partial charge in [0.2, 0.25) is 5.91 Å². The van der Waals surface area contributed by atoms with Crippen LogP contribution < -0.4 is 11.1 Å². The third-order valence-corrected chi connectivity index (χ3v) is 2.26. The van der Waals surface area contributed by atoms with E-state index < -0.39 is 0 Å². The van der Waals surface area contributed by atoms with E-state index in [-0.39, 0.29) is 5.91 Å². The summed E-state index contributed by atoms with van der Waals surface area (Å²) in [5.74, 6) is -0.0365. The molecule has 0 heterocycles. The van der Waals surface area contributed by atoms with Crippen LogP contribution in [0.2, 0.25) is 0 Å². The van der Waals surface area contributed by atoms with E-state index in [0.717, 1.165) is 25.8 Å². The molecule has 0 rings (SSSR count). The average Bonchev–Trinajstić information content (AvgIpc) is 2.15. The predicted octanol–water partition coefficient (Wildman–Crippen LogP) is 1.98. The summed E-state index contributed by atoms with van der Waals surface area (Å²) in [4.78, 5) is 11.1. The van der Waals surface area contributed by atoms with Crippen molar-refractivity contribution in [2.24, 2.45) is 5.73 Å². The predicted molar refractivity (Wildman–Crippen MR) is 64.6 cm³/mol. The highest BCUT2D eigenvalue weighted by Crippen LogP contribution is 2.03. The zero-order chi connectivity index (χ0) is 11.7. The Balaban J connectivity index is 3.18. The summed E-state index contributed by atoms with van der Waals surface area (Å²) in [5.41, 5.74) is 6.22. The number of amides is 1. The molecule has 0 aliphatic rings. The number of nitrogens with two attached hydrogens (primary N) is 1. The molecule has 1 unspecified atom stereocenters. The van der Waals surface area contributed by atoms with E-state index in [2.05, 4.69) is 11.9 Å². The minimum absolute atomic E-state index is 0.0365. The maximum atomic E-state index is 11.1. The van der Waals surface area contributed by atoms with E-state index in [4.69, 9.17) is 5.73 Å². The van der Waals surface area contributed by atoms with Crippen molar-refractivity contribution in [1.29, 1.82) is 0 Å². The number of carbonyl (C=O) groups is 1. The van der Waals surface area contributed by atoms with Crippen LogP contribution in [0.3, 0.4) is 0 Å². The van der Waals surface area contributed by atoms with Gasteiger partial charge in [-0.3, -0.25) is 4.79 Å². The summed E-state index contributed by atoms with van der Waals surface area (Å²) >= 11 is 0. The zero-order valence-corrected chi connectivity index (χ0v) is 10.0. The van der Waals surface area contributed by atoms with Gasteiger partial charge < -0.3 is 11.1 Å². The topological polar surface area (TPSA) is 55.1 Å². The van der Waals surface area contributed by atoms with Crippen LogP contribution in [0.1, 0.15) is 46.0 Å². The molecule has 0 aromatic rings. The van der Waals surface area contributed by atoms with Gasteiger partial charge in [-0.1, -0.05) is 25.8 Å². The van der Waals surface area contributed by atoms with Gasteiger partial charge >= 0.3 is 0 Å². The van der Waals surface area contributed by atoms with E-state index in [9.17, 15) is 4.79 Å². The number of nitrogens with one attached hydrogen (secondary N) is 1. The van der Waals surface area contributed by atoms with Crippen LogP contribution in [0.4, 0.5) is 0 Å². The van der Waals surface area contributed by atoms with Crippen LogP contribution in [0.25, 0.3) is 0 Å². The van der Waals surface area contributed by atoms with Crippen molar-refractivity contribution in [2.45, 2.75) is 52.0 Å². The van der Waals surface area contributed by atoms with Gasteiger partial charge in [-0.05, 0) is 26.7 Å². The van der Waals surface area contributed by atoms with Crippen LogP contribution in [-0.4, -0.2) is 18.5 Å². The maximum Gasteiger partial charge on any atom is 0.246 e. The Morgan fingerprint density at radius 2 is 1.93 bits per heavy atom. The van der Waals surface area contributed by atoms with Crippen molar-refractivity contribution < 1.29 is 4.79 Å². The van der Waals surface area contributed by atoms with Crippen LogP contribution in [0, 0.1) is 0 Å². The van der Waals surface area contributed by atoms with Crippen molar-refractivity contribution in [2.75, 3.05) is 6.54 Å². The van der Waals surface area contributed by atoms with Gasteiger partial charge in [0.25, 0.3) is 0 Å². The first kappa shape index (κ1) is 14.2. The lowest BCUT2D eigenvalue weighted by atomic mass is 10.1. The molecule has 0 aromatic carbocycles. The highest BCUT2D eigenvalue weighted by Gasteiger charge is 1.99. The van der Waals surface area contributed by atoms with Gasteiger partial charge in [0.1, 0.15) is 0 Å². The van der Waals surface area contributed by atoms with Crippen LogP contribution in [0.5, 0.6) is 0 Å². The summed E-state index contributed by atoms with van der Waals surface area (Å²) in [6, 6.07) is 0.313. The molecule has 3 heteroatoms. The van der Waals surface area contributed by atoms with Crippen LogP contribution >= 0.6 is 0 Å². The molecular formula is C12H24N2O. The largest absolute Gasteiger partial charge is 0.352 e. The molecule has 0 fully saturated rings.